The van der Waals surface area contributed by atoms with E-state index in [0.29, 0.717) is 0 Å². The van der Waals surface area contributed by atoms with Crippen molar-refractivity contribution in [3.8, 4) is 0 Å². The predicted octanol–water partition coefficient (Wildman–Crippen LogP) is 2.08. The maximum Gasteiger partial charge on any atom is 0.0938 e. The van der Waals surface area contributed by atoms with Gasteiger partial charge in [0.05, 0.1) is 5.60 Å². The first-order valence-electron chi connectivity index (χ1n) is 6.51. The van der Waals surface area contributed by atoms with Crippen LogP contribution in [0.3, 0.4) is 0 Å². The van der Waals surface area contributed by atoms with Crippen LogP contribution in [0.5, 0.6) is 0 Å². The van der Waals surface area contributed by atoms with E-state index in [1.807, 2.05) is 19.2 Å². The van der Waals surface area contributed by atoms with Gasteiger partial charge in [-0.05, 0) is 44.4 Å². The van der Waals surface area contributed by atoms with Crippen molar-refractivity contribution >= 4 is 0 Å². The third-order valence-electron chi connectivity index (χ3n) is 3.76. The first-order valence-corrected chi connectivity index (χ1v) is 6.51. The zero-order valence-electron chi connectivity index (χ0n) is 10.8. The van der Waals surface area contributed by atoms with Crippen LogP contribution >= 0.6 is 0 Å². The van der Waals surface area contributed by atoms with Crippen molar-refractivity contribution in [2.24, 2.45) is 0 Å². The molecule has 1 aromatic heterocycles. The van der Waals surface area contributed by atoms with Crippen LogP contribution in [0.4, 0.5) is 0 Å². The standard InChI is InChI=1S/C14H22N2O/c1-3-8-16-9-5-14(17,6-10-16)13-11-15-7-4-12(13)2/h4,7,11,17H,3,5-6,8-10H2,1-2H3. The lowest BCUT2D eigenvalue weighted by Crippen LogP contribution is -2.43. The van der Waals surface area contributed by atoms with Crippen molar-refractivity contribution in [3.63, 3.8) is 0 Å². The monoisotopic (exact) mass is 234 g/mol. The van der Waals surface area contributed by atoms with Crippen LogP contribution in [0.15, 0.2) is 18.5 Å². The number of aromatic nitrogens is 1. The van der Waals surface area contributed by atoms with Crippen LogP contribution in [0.2, 0.25) is 0 Å². The van der Waals surface area contributed by atoms with Gasteiger partial charge in [-0.25, -0.2) is 0 Å². The van der Waals surface area contributed by atoms with Gasteiger partial charge in [0.15, 0.2) is 0 Å². The second kappa shape index (κ2) is 5.15. The van der Waals surface area contributed by atoms with E-state index in [1.54, 1.807) is 6.20 Å². The summed E-state index contributed by atoms with van der Waals surface area (Å²) in [6.07, 6.45) is 6.43. The average Bonchev–Trinajstić information content (AvgIpc) is 2.33. The molecule has 0 bridgehead atoms. The van der Waals surface area contributed by atoms with Gasteiger partial charge in [0.1, 0.15) is 0 Å². The number of nitrogens with zero attached hydrogens (tertiary/aromatic N) is 2. The second-order valence-corrected chi connectivity index (χ2v) is 5.06. The molecule has 3 heteroatoms. The minimum absolute atomic E-state index is 0.664. The van der Waals surface area contributed by atoms with Gasteiger partial charge in [-0.2, -0.15) is 0 Å². The first-order chi connectivity index (χ1) is 8.15. The molecule has 0 spiro atoms. The van der Waals surface area contributed by atoms with Gasteiger partial charge < -0.3 is 10.0 Å². The minimum atomic E-state index is -0.664. The molecular formula is C14H22N2O. The summed E-state index contributed by atoms with van der Waals surface area (Å²) >= 11 is 0. The highest BCUT2D eigenvalue weighted by Gasteiger charge is 2.34. The van der Waals surface area contributed by atoms with Gasteiger partial charge in [0.25, 0.3) is 0 Å². The Balaban J connectivity index is 2.10. The number of likely N-dealkylation sites (tertiary alicyclic amines) is 1. The van der Waals surface area contributed by atoms with Crippen LogP contribution < -0.4 is 0 Å². The molecule has 0 atom stereocenters. The number of hydrogen-bond acceptors (Lipinski definition) is 3. The van der Waals surface area contributed by atoms with E-state index in [9.17, 15) is 5.11 Å². The van der Waals surface area contributed by atoms with E-state index in [1.165, 1.54) is 6.42 Å². The fourth-order valence-electron chi connectivity index (χ4n) is 2.68. The van der Waals surface area contributed by atoms with Gasteiger partial charge in [-0.15, -0.1) is 0 Å². The van der Waals surface area contributed by atoms with Crippen LogP contribution in [-0.4, -0.2) is 34.6 Å². The molecule has 17 heavy (non-hydrogen) atoms. The molecule has 1 fully saturated rings. The molecule has 1 aliphatic rings. The molecule has 3 nitrogen and oxygen atoms in total. The summed E-state index contributed by atoms with van der Waals surface area (Å²) in [6, 6.07) is 1.98. The van der Waals surface area contributed by atoms with Gasteiger partial charge in [-0.3, -0.25) is 4.98 Å². The Bertz CT molecular complexity index is 370. The Morgan fingerprint density at radius 1 is 1.41 bits per heavy atom. The van der Waals surface area contributed by atoms with E-state index in [2.05, 4.69) is 16.8 Å². The molecule has 0 aliphatic carbocycles. The summed E-state index contributed by atoms with van der Waals surface area (Å²) < 4.78 is 0. The van der Waals surface area contributed by atoms with Crippen molar-refractivity contribution in [2.45, 2.75) is 38.7 Å². The molecule has 0 unspecified atom stereocenters. The average molecular weight is 234 g/mol. The molecule has 0 saturated carbocycles. The number of aryl methyl sites for hydroxylation is 1. The van der Waals surface area contributed by atoms with Crippen LogP contribution in [0.25, 0.3) is 0 Å². The Hall–Kier alpha value is -0.930. The Morgan fingerprint density at radius 2 is 2.12 bits per heavy atom. The number of rotatable bonds is 3. The number of aliphatic hydroxyl groups is 1. The van der Waals surface area contributed by atoms with Crippen molar-refractivity contribution in [3.05, 3.63) is 29.6 Å². The Labute approximate surface area is 103 Å². The predicted molar refractivity (Wildman–Crippen MR) is 68.8 cm³/mol. The summed E-state index contributed by atoms with van der Waals surface area (Å²) in [4.78, 5) is 6.58. The number of pyridine rings is 1. The molecule has 0 aromatic carbocycles. The van der Waals surface area contributed by atoms with Gasteiger partial charge in [-0.1, -0.05) is 6.92 Å². The molecule has 94 valence electrons. The molecule has 1 aliphatic heterocycles. The van der Waals surface area contributed by atoms with Gasteiger partial charge in [0, 0.05) is 31.0 Å². The zero-order valence-corrected chi connectivity index (χ0v) is 10.8. The van der Waals surface area contributed by atoms with E-state index >= 15 is 0 Å². The van der Waals surface area contributed by atoms with Crippen LogP contribution in [0, 0.1) is 6.92 Å². The largest absolute Gasteiger partial charge is 0.385 e. The molecule has 0 amide bonds. The van der Waals surface area contributed by atoms with Crippen LogP contribution in [0.1, 0.15) is 37.3 Å². The molecule has 1 saturated heterocycles. The zero-order chi connectivity index (χ0) is 12.3. The maximum atomic E-state index is 10.7. The summed E-state index contributed by atoms with van der Waals surface area (Å²) in [6.45, 7) is 7.36. The Kier molecular flexibility index (Phi) is 3.79. The second-order valence-electron chi connectivity index (χ2n) is 5.06. The Morgan fingerprint density at radius 3 is 2.71 bits per heavy atom. The van der Waals surface area contributed by atoms with Crippen molar-refractivity contribution in [2.75, 3.05) is 19.6 Å². The summed E-state index contributed by atoms with van der Waals surface area (Å²) in [5.41, 5.74) is 1.49. The molecule has 1 N–H and O–H groups in total. The SMILES string of the molecule is CCCN1CCC(O)(c2cnccc2C)CC1. The minimum Gasteiger partial charge on any atom is -0.385 e. The molecule has 2 rings (SSSR count). The summed E-state index contributed by atoms with van der Waals surface area (Å²) in [7, 11) is 0. The molecule has 2 heterocycles. The van der Waals surface area contributed by atoms with Crippen molar-refractivity contribution in [1.82, 2.24) is 9.88 Å². The lowest BCUT2D eigenvalue weighted by atomic mass is 9.83. The third kappa shape index (κ3) is 2.67. The van der Waals surface area contributed by atoms with Crippen LogP contribution in [-0.2, 0) is 5.60 Å². The van der Waals surface area contributed by atoms with Crippen molar-refractivity contribution < 1.29 is 5.11 Å². The highest BCUT2D eigenvalue weighted by Crippen LogP contribution is 2.34. The summed E-state index contributed by atoms with van der Waals surface area (Å²) in [5.74, 6) is 0. The molecular weight excluding hydrogens is 212 g/mol. The fourth-order valence-corrected chi connectivity index (χ4v) is 2.68. The van der Waals surface area contributed by atoms with Gasteiger partial charge in [0.2, 0.25) is 0 Å². The lowest BCUT2D eigenvalue weighted by molar-refractivity contribution is -0.0264. The highest BCUT2D eigenvalue weighted by molar-refractivity contribution is 5.28. The van der Waals surface area contributed by atoms with E-state index in [-0.39, 0.29) is 0 Å². The smallest absolute Gasteiger partial charge is 0.0938 e. The topological polar surface area (TPSA) is 36.4 Å². The van der Waals surface area contributed by atoms with Gasteiger partial charge >= 0.3 is 0 Å². The lowest BCUT2D eigenvalue weighted by Gasteiger charge is -2.38. The van der Waals surface area contributed by atoms with E-state index in [4.69, 9.17) is 0 Å². The van der Waals surface area contributed by atoms with E-state index < -0.39 is 5.60 Å². The first kappa shape index (κ1) is 12.5. The third-order valence-corrected chi connectivity index (χ3v) is 3.76. The normalized spacial score (nSPS) is 20.4. The number of hydrogen-bond donors (Lipinski definition) is 1. The quantitative estimate of drug-likeness (QED) is 0.870. The highest BCUT2D eigenvalue weighted by atomic mass is 16.3. The number of piperidine rings is 1. The fraction of sp³-hybridized carbons (Fsp3) is 0.643. The molecule has 1 aromatic rings. The maximum absolute atomic E-state index is 10.7. The molecule has 0 radical (unpaired) electrons. The summed E-state index contributed by atoms with van der Waals surface area (Å²) in [5, 5.41) is 10.7. The van der Waals surface area contributed by atoms with Crippen molar-refractivity contribution in [1.29, 1.82) is 0 Å². The van der Waals surface area contributed by atoms with E-state index in [0.717, 1.165) is 43.6 Å².